The molecule has 0 radical (unpaired) electrons. The Morgan fingerprint density at radius 1 is 1.50 bits per heavy atom. The number of rotatable bonds is 3. The van der Waals surface area contributed by atoms with Crippen LogP contribution in [0.3, 0.4) is 0 Å². The Bertz CT molecular complexity index is 345. The van der Waals surface area contributed by atoms with Crippen molar-refractivity contribution < 1.29 is 18.5 Å². The zero-order valence-electron chi connectivity index (χ0n) is 7.28. The lowest BCUT2D eigenvalue weighted by molar-refractivity contribution is 0.403. The fourth-order valence-corrected chi connectivity index (χ4v) is 2.03. The molecule has 1 aromatic carbocycles. The predicted molar refractivity (Wildman–Crippen MR) is 58.2 cm³/mol. The zero-order valence-corrected chi connectivity index (χ0v) is 9.89. The summed E-state index contributed by atoms with van der Waals surface area (Å²) in [5, 5.41) is 0. The van der Waals surface area contributed by atoms with Gasteiger partial charge in [-0.3, -0.25) is 0 Å². The van der Waals surface area contributed by atoms with E-state index in [1.165, 1.54) is 12.1 Å². The lowest BCUT2D eigenvalue weighted by Crippen LogP contribution is -1.96. The standard InChI is InChI=1S/C7H9O4PS2/c1-14(10)7-4-2-6(3-5-7)11-12(8,9)13/h2-5H,1H3,(H2,8,9,13). The third kappa shape index (κ3) is 3.94. The van der Waals surface area contributed by atoms with Gasteiger partial charge in [0.25, 0.3) is 0 Å². The van der Waals surface area contributed by atoms with Crippen LogP contribution in [0.4, 0.5) is 0 Å². The molecule has 0 amide bonds. The van der Waals surface area contributed by atoms with Crippen LogP contribution >= 0.6 is 19.0 Å². The fraction of sp³-hybridized carbons (Fsp3) is 0.143. The average Bonchev–Trinajstić information content (AvgIpc) is 2.02. The maximum atomic E-state index is 11.0. The highest BCUT2D eigenvalue weighted by Crippen LogP contribution is 2.46. The first kappa shape index (κ1) is 11.9. The zero-order chi connectivity index (χ0) is 10.8. The van der Waals surface area contributed by atoms with Crippen LogP contribution in [0.2, 0.25) is 0 Å². The molecule has 1 N–H and O–H groups in total. The first-order valence-electron chi connectivity index (χ1n) is 3.57. The van der Waals surface area contributed by atoms with Crippen LogP contribution in [0.25, 0.3) is 0 Å². The van der Waals surface area contributed by atoms with Crippen molar-refractivity contribution in [3.05, 3.63) is 24.3 Å². The van der Waals surface area contributed by atoms with Crippen LogP contribution in [-0.4, -0.2) is 15.7 Å². The first-order valence-corrected chi connectivity index (χ1v) is 7.86. The molecule has 0 spiro atoms. The SMILES string of the molecule is C[S+]([O-])c1ccc(OP(=O)(O)S)cc1. The third-order valence-corrected chi connectivity index (χ3v) is 3.01. The summed E-state index contributed by atoms with van der Waals surface area (Å²) in [6.45, 7) is -3.81. The van der Waals surface area contributed by atoms with Gasteiger partial charge in [0.15, 0.2) is 4.90 Å². The molecule has 78 valence electrons. The molecule has 0 aliphatic heterocycles. The van der Waals surface area contributed by atoms with Gasteiger partial charge in [-0.05, 0) is 47.7 Å². The Labute approximate surface area is 90.2 Å². The van der Waals surface area contributed by atoms with E-state index in [1.807, 2.05) is 0 Å². The van der Waals surface area contributed by atoms with Gasteiger partial charge in [0.1, 0.15) is 12.0 Å². The molecule has 4 nitrogen and oxygen atoms in total. The molecule has 7 heteroatoms. The van der Waals surface area contributed by atoms with E-state index in [9.17, 15) is 9.12 Å². The Balaban J connectivity index is 2.79. The van der Waals surface area contributed by atoms with Crippen LogP contribution in [-0.2, 0) is 15.7 Å². The van der Waals surface area contributed by atoms with Crippen molar-refractivity contribution >= 4 is 30.2 Å². The minimum Gasteiger partial charge on any atom is -0.612 e. The second kappa shape index (κ2) is 4.59. The second-order valence-electron chi connectivity index (χ2n) is 2.51. The molecule has 0 fully saturated rings. The van der Waals surface area contributed by atoms with Crippen LogP contribution in [0.5, 0.6) is 5.75 Å². The molecule has 1 rings (SSSR count). The van der Waals surface area contributed by atoms with Gasteiger partial charge in [-0.15, -0.1) is 0 Å². The van der Waals surface area contributed by atoms with E-state index in [1.54, 1.807) is 18.4 Å². The summed E-state index contributed by atoms with van der Waals surface area (Å²) in [5.41, 5.74) is 0. The topological polar surface area (TPSA) is 69.6 Å². The number of hydrogen-bond acceptors (Lipinski definition) is 3. The lowest BCUT2D eigenvalue weighted by Gasteiger charge is -2.08. The molecule has 1 aromatic rings. The van der Waals surface area contributed by atoms with Gasteiger partial charge in [-0.25, -0.2) is 4.57 Å². The minimum atomic E-state index is -3.81. The summed E-state index contributed by atoms with van der Waals surface area (Å²) in [7, 11) is 0. The van der Waals surface area contributed by atoms with Crippen LogP contribution in [0.15, 0.2) is 29.2 Å². The molecule has 0 bridgehead atoms. The molecule has 0 heterocycles. The highest BCUT2D eigenvalue weighted by molar-refractivity contribution is 8.44. The van der Waals surface area contributed by atoms with Crippen molar-refractivity contribution in [2.24, 2.45) is 0 Å². The summed E-state index contributed by atoms with van der Waals surface area (Å²) >= 11 is 2.29. The molecule has 0 saturated heterocycles. The molecule has 2 atom stereocenters. The van der Waals surface area contributed by atoms with Gasteiger partial charge in [0, 0.05) is 0 Å². The fourth-order valence-electron chi connectivity index (χ4n) is 0.829. The molecule has 14 heavy (non-hydrogen) atoms. The minimum absolute atomic E-state index is 0.222. The summed E-state index contributed by atoms with van der Waals surface area (Å²) in [5.74, 6) is 0.222. The predicted octanol–water partition coefficient (Wildman–Crippen LogP) is 1.83. The van der Waals surface area contributed by atoms with Crippen molar-refractivity contribution in [3.63, 3.8) is 0 Å². The Hall–Kier alpha value is -0.130. The molecule has 0 aliphatic rings. The normalized spacial score (nSPS) is 17.1. The Kier molecular flexibility index (Phi) is 3.92. The van der Waals surface area contributed by atoms with E-state index in [2.05, 4.69) is 16.8 Å². The lowest BCUT2D eigenvalue weighted by atomic mass is 10.3. The maximum Gasteiger partial charge on any atom is 0.434 e. The van der Waals surface area contributed by atoms with Gasteiger partial charge in [-0.2, -0.15) is 0 Å². The molecule has 0 aliphatic carbocycles. The van der Waals surface area contributed by atoms with Gasteiger partial charge in [0.2, 0.25) is 0 Å². The quantitative estimate of drug-likeness (QED) is 0.489. The summed E-state index contributed by atoms with van der Waals surface area (Å²) in [4.78, 5) is 9.42. The number of benzene rings is 1. The largest absolute Gasteiger partial charge is 0.612 e. The van der Waals surface area contributed by atoms with Gasteiger partial charge in [-0.1, -0.05) is 0 Å². The molecule has 0 saturated carbocycles. The average molecular weight is 252 g/mol. The van der Waals surface area contributed by atoms with E-state index in [0.29, 0.717) is 4.90 Å². The van der Waals surface area contributed by atoms with E-state index in [0.717, 1.165) is 0 Å². The van der Waals surface area contributed by atoms with Gasteiger partial charge in [0.05, 0.1) is 0 Å². The smallest absolute Gasteiger partial charge is 0.434 e. The van der Waals surface area contributed by atoms with Crippen molar-refractivity contribution in [3.8, 4) is 5.75 Å². The Morgan fingerprint density at radius 3 is 2.36 bits per heavy atom. The summed E-state index contributed by atoms with van der Waals surface area (Å²) in [6.07, 6.45) is 1.55. The van der Waals surface area contributed by atoms with Crippen molar-refractivity contribution in [1.82, 2.24) is 0 Å². The Morgan fingerprint density at radius 2 is 2.00 bits per heavy atom. The molecule has 2 unspecified atom stereocenters. The highest BCUT2D eigenvalue weighted by Gasteiger charge is 2.13. The molecule has 0 aromatic heterocycles. The number of hydrogen-bond donors (Lipinski definition) is 2. The van der Waals surface area contributed by atoms with Crippen LogP contribution in [0.1, 0.15) is 0 Å². The van der Waals surface area contributed by atoms with Gasteiger partial charge >= 0.3 is 6.80 Å². The molecular weight excluding hydrogens is 243 g/mol. The monoisotopic (exact) mass is 252 g/mol. The van der Waals surface area contributed by atoms with E-state index in [-0.39, 0.29) is 5.75 Å². The van der Waals surface area contributed by atoms with Crippen molar-refractivity contribution in [2.45, 2.75) is 4.90 Å². The van der Waals surface area contributed by atoms with E-state index < -0.39 is 18.0 Å². The van der Waals surface area contributed by atoms with Gasteiger partial charge < -0.3 is 14.0 Å². The van der Waals surface area contributed by atoms with E-state index >= 15 is 0 Å². The van der Waals surface area contributed by atoms with Crippen molar-refractivity contribution in [2.75, 3.05) is 6.26 Å². The van der Waals surface area contributed by atoms with Crippen LogP contribution in [0, 0.1) is 0 Å². The highest BCUT2D eigenvalue weighted by atomic mass is 32.7. The third-order valence-electron chi connectivity index (χ3n) is 1.38. The summed E-state index contributed by atoms with van der Waals surface area (Å²) < 4.78 is 26.3. The van der Waals surface area contributed by atoms with Crippen molar-refractivity contribution in [1.29, 1.82) is 0 Å². The summed E-state index contributed by atoms with van der Waals surface area (Å²) in [6, 6.07) is 6.06. The maximum absolute atomic E-state index is 11.0. The first-order chi connectivity index (χ1) is 6.38. The van der Waals surface area contributed by atoms with E-state index in [4.69, 9.17) is 4.89 Å². The van der Waals surface area contributed by atoms with Crippen LogP contribution < -0.4 is 4.52 Å². The number of thiol groups is 1. The second-order valence-corrected chi connectivity index (χ2v) is 6.57. The molecular formula is C7H9O4PS2.